The molecule has 3 rings (SSSR count). The minimum absolute atomic E-state index is 0.151. The van der Waals surface area contributed by atoms with Gasteiger partial charge in [-0.2, -0.15) is 0 Å². The van der Waals surface area contributed by atoms with Crippen LogP contribution in [0.25, 0.3) is 0 Å². The summed E-state index contributed by atoms with van der Waals surface area (Å²) >= 11 is 0. The van der Waals surface area contributed by atoms with Gasteiger partial charge in [0.1, 0.15) is 0 Å². The number of aryl methyl sites for hydroxylation is 1. The van der Waals surface area contributed by atoms with Crippen LogP contribution >= 0.6 is 0 Å². The number of benzene rings is 1. The Balaban J connectivity index is 1.48. The average molecular weight is 316 g/mol. The zero-order valence-corrected chi connectivity index (χ0v) is 13.8. The summed E-state index contributed by atoms with van der Waals surface area (Å²) < 4.78 is 0. The van der Waals surface area contributed by atoms with Gasteiger partial charge in [0.15, 0.2) is 0 Å². The van der Waals surface area contributed by atoms with Crippen LogP contribution in [0.15, 0.2) is 24.3 Å². The third-order valence-corrected chi connectivity index (χ3v) is 5.22. The molecule has 4 nitrogen and oxygen atoms in total. The molecule has 2 unspecified atom stereocenters. The molecule has 1 heterocycles. The van der Waals surface area contributed by atoms with Gasteiger partial charge in [0.25, 0.3) is 0 Å². The van der Waals surface area contributed by atoms with Gasteiger partial charge in [-0.1, -0.05) is 24.3 Å². The van der Waals surface area contributed by atoms with Crippen LogP contribution in [0.3, 0.4) is 0 Å². The van der Waals surface area contributed by atoms with E-state index in [1.807, 2.05) is 0 Å². The Morgan fingerprint density at radius 1 is 1.26 bits per heavy atom. The molecule has 23 heavy (non-hydrogen) atoms. The van der Waals surface area contributed by atoms with E-state index in [0.29, 0.717) is 12.3 Å². The Bertz CT molecular complexity index is 532. The first-order valence-corrected chi connectivity index (χ1v) is 8.96. The van der Waals surface area contributed by atoms with E-state index >= 15 is 0 Å². The highest BCUT2D eigenvalue weighted by molar-refractivity contribution is 5.76. The number of aliphatic hydroxyl groups excluding tert-OH is 1. The van der Waals surface area contributed by atoms with Crippen LogP contribution in [0.5, 0.6) is 0 Å². The maximum atomic E-state index is 12.3. The highest BCUT2D eigenvalue weighted by Crippen LogP contribution is 2.29. The van der Waals surface area contributed by atoms with Crippen molar-refractivity contribution in [2.75, 3.05) is 26.2 Å². The number of amides is 1. The van der Waals surface area contributed by atoms with Crippen LogP contribution in [-0.4, -0.2) is 42.2 Å². The van der Waals surface area contributed by atoms with E-state index in [1.54, 1.807) is 0 Å². The molecule has 0 aromatic heterocycles. The molecular formula is C19H28N2O2. The number of aliphatic hydroxyl groups is 1. The Labute approximate surface area is 138 Å². The van der Waals surface area contributed by atoms with Crippen LogP contribution in [0, 0.1) is 5.92 Å². The van der Waals surface area contributed by atoms with Crippen molar-refractivity contribution in [2.45, 2.75) is 44.6 Å². The van der Waals surface area contributed by atoms with Gasteiger partial charge in [0.2, 0.25) is 5.91 Å². The number of fused-ring (bicyclic) bond motifs is 1. The second kappa shape index (κ2) is 7.93. The summed E-state index contributed by atoms with van der Waals surface area (Å²) in [5.74, 6) is 0.537. The molecule has 1 aliphatic carbocycles. The van der Waals surface area contributed by atoms with Gasteiger partial charge in [-0.25, -0.2) is 0 Å². The van der Waals surface area contributed by atoms with Gasteiger partial charge in [0.05, 0.1) is 6.04 Å². The first-order chi connectivity index (χ1) is 11.3. The summed E-state index contributed by atoms with van der Waals surface area (Å²) in [7, 11) is 0. The van der Waals surface area contributed by atoms with Gasteiger partial charge >= 0.3 is 0 Å². The molecule has 0 radical (unpaired) electrons. The molecule has 2 N–H and O–H groups in total. The molecular weight excluding hydrogens is 288 g/mol. The van der Waals surface area contributed by atoms with Gasteiger partial charge < -0.3 is 15.3 Å². The van der Waals surface area contributed by atoms with Crippen LogP contribution in [0.1, 0.15) is 49.3 Å². The summed E-state index contributed by atoms with van der Waals surface area (Å²) in [4.78, 5) is 14.6. The molecule has 0 bridgehead atoms. The lowest BCUT2D eigenvalue weighted by atomic mass is 9.87. The summed E-state index contributed by atoms with van der Waals surface area (Å²) in [6.07, 6.45) is 6.10. The minimum Gasteiger partial charge on any atom is -0.396 e. The monoisotopic (exact) mass is 316 g/mol. The number of nitrogens with zero attached hydrogens (tertiary/aromatic N) is 1. The highest BCUT2D eigenvalue weighted by atomic mass is 16.3. The summed E-state index contributed by atoms with van der Waals surface area (Å²) in [6, 6.07) is 8.65. The summed E-state index contributed by atoms with van der Waals surface area (Å²) in [5.41, 5.74) is 2.68. The fourth-order valence-corrected chi connectivity index (χ4v) is 3.93. The number of hydrogen-bond acceptors (Lipinski definition) is 3. The molecule has 126 valence electrons. The smallest absolute Gasteiger partial charge is 0.221 e. The van der Waals surface area contributed by atoms with E-state index in [1.165, 1.54) is 11.1 Å². The van der Waals surface area contributed by atoms with Crippen molar-refractivity contribution in [1.82, 2.24) is 10.2 Å². The molecule has 1 aromatic rings. The van der Waals surface area contributed by atoms with Crippen LogP contribution in [0.4, 0.5) is 0 Å². The average Bonchev–Trinajstić information content (AvgIpc) is 2.60. The van der Waals surface area contributed by atoms with Crippen LogP contribution in [0.2, 0.25) is 0 Å². The van der Waals surface area contributed by atoms with E-state index < -0.39 is 0 Å². The topological polar surface area (TPSA) is 52.6 Å². The zero-order chi connectivity index (χ0) is 16.1. The maximum Gasteiger partial charge on any atom is 0.221 e. The Morgan fingerprint density at radius 3 is 3.00 bits per heavy atom. The third-order valence-electron chi connectivity index (χ3n) is 5.22. The number of hydrogen-bond donors (Lipinski definition) is 2. The fourth-order valence-electron chi connectivity index (χ4n) is 3.93. The molecule has 1 aliphatic heterocycles. The third kappa shape index (κ3) is 4.33. The number of carbonyl (C=O) groups is 1. The lowest BCUT2D eigenvalue weighted by Crippen LogP contribution is -2.39. The van der Waals surface area contributed by atoms with Crippen molar-refractivity contribution >= 4 is 5.91 Å². The van der Waals surface area contributed by atoms with Crippen molar-refractivity contribution in [3.63, 3.8) is 0 Å². The lowest BCUT2D eigenvalue weighted by molar-refractivity contribution is -0.122. The molecule has 1 saturated heterocycles. The number of rotatable bonds is 5. The quantitative estimate of drug-likeness (QED) is 0.876. The Hall–Kier alpha value is -1.39. The number of piperidine rings is 1. The summed E-state index contributed by atoms with van der Waals surface area (Å²) in [5, 5.41) is 12.5. The molecule has 1 amide bonds. The predicted octanol–water partition coefficient (Wildman–Crippen LogP) is 2.27. The highest BCUT2D eigenvalue weighted by Gasteiger charge is 2.23. The standard InChI is InChI=1S/C19H28N2O2/c22-14-15-5-4-11-21(13-15)12-10-19(23)20-18-9-3-7-16-6-1-2-8-17(16)18/h1-2,6,8,15,18,22H,3-5,7,9-14H2,(H,20,23). The van der Waals surface area contributed by atoms with Crippen molar-refractivity contribution < 1.29 is 9.90 Å². The fraction of sp³-hybridized carbons (Fsp3) is 0.632. The second-order valence-corrected chi connectivity index (χ2v) is 6.95. The molecule has 2 atom stereocenters. The predicted molar refractivity (Wildman–Crippen MR) is 91.1 cm³/mol. The van der Waals surface area contributed by atoms with Crippen LogP contribution < -0.4 is 5.32 Å². The molecule has 1 fully saturated rings. The van der Waals surface area contributed by atoms with Crippen molar-refractivity contribution in [2.24, 2.45) is 5.92 Å². The van der Waals surface area contributed by atoms with Crippen molar-refractivity contribution in [3.05, 3.63) is 35.4 Å². The van der Waals surface area contributed by atoms with Gasteiger partial charge in [-0.15, -0.1) is 0 Å². The van der Waals surface area contributed by atoms with Gasteiger partial charge in [0, 0.05) is 26.1 Å². The largest absolute Gasteiger partial charge is 0.396 e. The zero-order valence-electron chi connectivity index (χ0n) is 13.8. The number of nitrogens with one attached hydrogen (secondary N) is 1. The van der Waals surface area contributed by atoms with E-state index in [2.05, 4.69) is 34.5 Å². The lowest BCUT2D eigenvalue weighted by Gasteiger charge is -2.32. The maximum absolute atomic E-state index is 12.3. The van der Waals surface area contributed by atoms with Crippen molar-refractivity contribution in [1.29, 1.82) is 0 Å². The van der Waals surface area contributed by atoms with Gasteiger partial charge in [-0.3, -0.25) is 4.79 Å². The number of likely N-dealkylation sites (tertiary alicyclic amines) is 1. The van der Waals surface area contributed by atoms with Gasteiger partial charge in [-0.05, 0) is 55.7 Å². The Morgan fingerprint density at radius 2 is 2.13 bits per heavy atom. The molecule has 4 heteroatoms. The van der Waals surface area contributed by atoms with Crippen LogP contribution in [-0.2, 0) is 11.2 Å². The molecule has 2 aliphatic rings. The first kappa shape index (κ1) is 16.5. The second-order valence-electron chi connectivity index (χ2n) is 6.95. The minimum atomic E-state index is 0.151. The molecule has 1 aromatic carbocycles. The van der Waals surface area contributed by atoms with E-state index in [9.17, 15) is 9.90 Å². The first-order valence-electron chi connectivity index (χ1n) is 8.96. The summed E-state index contributed by atoms with van der Waals surface area (Å²) in [6.45, 7) is 3.05. The number of carbonyl (C=O) groups excluding carboxylic acids is 1. The molecule has 0 saturated carbocycles. The van der Waals surface area contributed by atoms with E-state index in [-0.39, 0.29) is 18.6 Å². The van der Waals surface area contributed by atoms with E-state index in [4.69, 9.17) is 0 Å². The normalized spacial score (nSPS) is 24.9. The SMILES string of the molecule is O=C(CCN1CCCC(CO)C1)NC1CCCc2ccccc21. The van der Waals surface area contributed by atoms with Crippen molar-refractivity contribution in [3.8, 4) is 0 Å². The molecule has 0 spiro atoms. The Kier molecular flexibility index (Phi) is 5.68. The van der Waals surface area contributed by atoms with E-state index in [0.717, 1.165) is 51.7 Å².